The van der Waals surface area contributed by atoms with Crippen LogP contribution in [0.5, 0.6) is 0 Å². The average molecular weight is 339 g/mol. The van der Waals surface area contributed by atoms with Gasteiger partial charge in [0.15, 0.2) is 6.61 Å². The minimum Gasteiger partial charge on any atom is -0.463 e. The zero-order valence-corrected chi connectivity index (χ0v) is 14.7. The number of carbonyl (C=O) groups is 1. The highest BCUT2D eigenvalue weighted by Crippen LogP contribution is 2.45. The fourth-order valence-corrected chi connectivity index (χ4v) is 3.25. The van der Waals surface area contributed by atoms with E-state index < -0.39 is 14.5 Å². The Morgan fingerprint density at radius 3 is 2.33 bits per heavy atom. The van der Waals surface area contributed by atoms with Gasteiger partial charge in [-0.05, 0) is 27.7 Å². The van der Waals surface area contributed by atoms with E-state index in [0.29, 0.717) is 0 Å². The number of esters is 1. The quantitative estimate of drug-likeness (QED) is 0.249. The van der Waals surface area contributed by atoms with Gasteiger partial charge in [-0.2, -0.15) is 5.26 Å². The average Bonchev–Trinajstić information content (AvgIpc) is 2.41. The van der Waals surface area contributed by atoms with Crippen LogP contribution in [0.4, 0.5) is 0 Å². The van der Waals surface area contributed by atoms with E-state index in [1.54, 1.807) is 0 Å². The molecule has 21 heavy (non-hydrogen) atoms. The second-order valence-corrected chi connectivity index (χ2v) is 6.56. The van der Waals surface area contributed by atoms with Gasteiger partial charge in [0.25, 0.3) is 8.53 Å². The number of ether oxygens (including phenoxy) is 1. The minimum absolute atomic E-state index is 0.162. The van der Waals surface area contributed by atoms with Crippen LogP contribution in [0.3, 0.4) is 0 Å². The topological polar surface area (TPSA) is 71.8 Å². The van der Waals surface area contributed by atoms with E-state index in [1.165, 1.54) is 0 Å². The van der Waals surface area contributed by atoms with Crippen molar-refractivity contribution in [3.63, 3.8) is 0 Å². The lowest BCUT2D eigenvalue weighted by molar-refractivity contribution is -0.145. The monoisotopic (exact) mass is 338 g/mol. The van der Waals surface area contributed by atoms with E-state index in [0.717, 1.165) is 0 Å². The first-order valence-corrected chi connectivity index (χ1v) is 8.53. The van der Waals surface area contributed by atoms with Crippen LogP contribution < -0.4 is 0 Å². The molecule has 0 aromatic carbocycles. The molecule has 0 heterocycles. The molecule has 0 saturated carbocycles. The summed E-state index contributed by atoms with van der Waals surface area (Å²) in [5, 5.41) is 8.59. The molecule has 8 heteroatoms. The minimum atomic E-state index is -1.41. The summed E-state index contributed by atoms with van der Waals surface area (Å²) in [6.45, 7) is 8.35. The van der Waals surface area contributed by atoms with E-state index in [4.69, 9.17) is 30.6 Å². The molecule has 0 N–H and O–H groups in total. The predicted molar refractivity (Wildman–Crippen MR) is 82.8 cm³/mol. The Hall–Kier alpha value is -0.440. The van der Waals surface area contributed by atoms with Crippen molar-refractivity contribution >= 4 is 26.1 Å². The van der Waals surface area contributed by atoms with Crippen molar-refractivity contribution in [3.8, 4) is 6.07 Å². The molecule has 0 amide bonds. The maximum atomic E-state index is 11.5. The Morgan fingerprint density at radius 2 is 1.86 bits per heavy atom. The van der Waals surface area contributed by atoms with Crippen LogP contribution >= 0.6 is 20.1 Å². The molecule has 0 aliphatic rings. The number of hydrogen-bond acceptors (Lipinski definition) is 6. The number of nitriles is 1. The van der Waals surface area contributed by atoms with Crippen molar-refractivity contribution in [3.05, 3.63) is 0 Å². The molecule has 0 aromatic rings. The van der Waals surface area contributed by atoms with Crippen molar-refractivity contribution < 1.29 is 18.6 Å². The third kappa shape index (κ3) is 9.23. The van der Waals surface area contributed by atoms with Crippen molar-refractivity contribution in [2.24, 2.45) is 0 Å². The largest absolute Gasteiger partial charge is 0.463 e. The van der Waals surface area contributed by atoms with Gasteiger partial charge in [0.2, 0.25) is 0 Å². The summed E-state index contributed by atoms with van der Waals surface area (Å²) in [6.07, 6.45) is 0.281. The lowest BCUT2D eigenvalue weighted by Crippen LogP contribution is -2.34. The first kappa shape index (κ1) is 20.6. The van der Waals surface area contributed by atoms with Gasteiger partial charge in [-0.25, -0.2) is 9.46 Å². The molecule has 122 valence electrons. The van der Waals surface area contributed by atoms with E-state index in [-0.39, 0.29) is 44.2 Å². The second-order valence-electron chi connectivity index (χ2n) is 4.73. The highest BCUT2D eigenvalue weighted by Gasteiger charge is 2.27. The highest BCUT2D eigenvalue weighted by molar-refractivity contribution is 7.44. The Morgan fingerprint density at radius 1 is 1.24 bits per heavy atom. The standard InChI is InChI=1S/C13H24ClN2O4P/c1-11(2)16(12(3)4)21(19-8-5-7-15)20-10-13(17)18-9-6-14/h11-12H,5-6,8-10H2,1-4H3. The summed E-state index contributed by atoms with van der Waals surface area (Å²) in [5.41, 5.74) is 0. The summed E-state index contributed by atoms with van der Waals surface area (Å²) >= 11 is 5.45. The van der Waals surface area contributed by atoms with E-state index in [9.17, 15) is 4.79 Å². The molecule has 1 atom stereocenters. The number of alkyl halides is 1. The molecule has 0 fully saturated rings. The van der Waals surface area contributed by atoms with Gasteiger partial charge < -0.3 is 13.8 Å². The second kappa shape index (κ2) is 12.1. The van der Waals surface area contributed by atoms with Gasteiger partial charge in [0.1, 0.15) is 6.61 Å². The molecule has 0 aliphatic carbocycles. The first-order chi connectivity index (χ1) is 9.93. The van der Waals surface area contributed by atoms with Gasteiger partial charge in [-0.15, -0.1) is 11.6 Å². The molecule has 0 aromatic heterocycles. The van der Waals surface area contributed by atoms with Gasteiger partial charge in [-0.3, -0.25) is 0 Å². The van der Waals surface area contributed by atoms with Crippen molar-refractivity contribution in [1.29, 1.82) is 5.26 Å². The maximum Gasteiger partial charge on any atom is 0.332 e. The molecule has 6 nitrogen and oxygen atoms in total. The van der Waals surface area contributed by atoms with Crippen LogP contribution in [0, 0.1) is 11.3 Å². The third-order valence-electron chi connectivity index (χ3n) is 2.30. The third-order valence-corrected chi connectivity index (χ3v) is 4.50. The smallest absolute Gasteiger partial charge is 0.332 e. The van der Waals surface area contributed by atoms with Gasteiger partial charge in [0.05, 0.1) is 25.0 Å². The first-order valence-electron chi connectivity index (χ1n) is 6.86. The van der Waals surface area contributed by atoms with Crippen molar-refractivity contribution in [1.82, 2.24) is 4.67 Å². The molecule has 0 radical (unpaired) electrons. The summed E-state index contributed by atoms with van der Waals surface area (Å²) in [7, 11) is -1.41. The number of halogens is 1. The van der Waals surface area contributed by atoms with Crippen LogP contribution in [0.1, 0.15) is 34.1 Å². The Balaban J connectivity index is 4.57. The fourth-order valence-electron chi connectivity index (χ4n) is 1.62. The lowest BCUT2D eigenvalue weighted by Gasteiger charge is -2.35. The Kier molecular flexibility index (Phi) is 11.9. The van der Waals surface area contributed by atoms with Gasteiger partial charge in [-0.1, -0.05) is 0 Å². The Bertz CT molecular complexity index is 329. The van der Waals surface area contributed by atoms with Gasteiger partial charge in [0, 0.05) is 12.1 Å². The number of rotatable bonds is 11. The summed E-state index contributed by atoms with van der Waals surface area (Å²) in [6, 6.07) is 2.40. The zero-order chi connectivity index (χ0) is 16.3. The molecule has 0 spiro atoms. The van der Waals surface area contributed by atoms with Crippen LogP contribution in [-0.2, 0) is 18.6 Å². The van der Waals surface area contributed by atoms with Crippen LogP contribution in [0.15, 0.2) is 0 Å². The normalized spacial score (nSPS) is 12.7. The molecule has 0 aliphatic heterocycles. The van der Waals surface area contributed by atoms with Crippen LogP contribution in [0.2, 0.25) is 0 Å². The highest BCUT2D eigenvalue weighted by atomic mass is 35.5. The molecular formula is C13H24ClN2O4P. The van der Waals surface area contributed by atoms with Crippen molar-refractivity contribution in [2.45, 2.75) is 46.2 Å². The van der Waals surface area contributed by atoms with Crippen LogP contribution in [0.25, 0.3) is 0 Å². The number of hydrogen-bond donors (Lipinski definition) is 0. The molecule has 0 saturated heterocycles. The number of carbonyl (C=O) groups excluding carboxylic acids is 1. The fraction of sp³-hybridized carbons (Fsp3) is 0.846. The summed E-state index contributed by atoms with van der Waals surface area (Å²) < 4.78 is 18.1. The van der Waals surface area contributed by atoms with E-state index in [2.05, 4.69) is 0 Å². The van der Waals surface area contributed by atoms with E-state index in [1.807, 2.05) is 38.4 Å². The summed E-state index contributed by atoms with van der Waals surface area (Å²) in [5.74, 6) is -0.219. The molecule has 1 unspecified atom stereocenters. The van der Waals surface area contributed by atoms with Crippen LogP contribution in [-0.4, -0.2) is 48.4 Å². The summed E-state index contributed by atoms with van der Waals surface area (Å²) in [4.78, 5) is 11.5. The predicted octanol–water partition coefficient (Wildman–Crippen LogP) is 3.06. The molecular weight excluding hydrogens is 315 g/mol. The van der Waals surface area contributed by atoms with Crippen molar-refractivity contribution in [2.75, 3.05) is 25.7 Å². The molecule has 0 rings (SSSR count). The number of nitrogens with zero attached hydrogens (tertiary/aromatic N) is 2. The zero-order valence-electron chi connectivity index (χ0n) is 13.0. The van der Waals surface area contributed by atoms with Gasteiger partial charge >= 0.3 is 5.97 Å². The van der Waals surface area contributed by atoms with E-state index >= 15 is 0 Å². The maximum absolute atomic E-state index is 11.5. The Labute approximate surface area is 133 Å². The SMILES string of the molecule is CC(C)N(C(C)C)P(OCCC#N)OCC(=O)OCCCl. The lowest BCUT2D eigenvalue weighted by atomic mass is 10.3. The molecule has 0 bridgehead atoms.